The van der Waals surface area contributed by atoms with Gasteiger partial charge in [0.05, 0.1) is 5.52 Å². The Bertz CT molecular complexity index is 487. The van der Waals surface area contributed by atoms with Crippen molar-refractivity contribution in [3.8, 4) is 5.88 Å². The van der Waals surface area contributed by atoms with Crippen molar-refractivity contribution < 1.29 is 14.7 Å². The van der Waals surface area contributed by atoms with E-state index in [2.05, 4.69) is 0 Å². The Kier molecular flexibility index (Phi) is 1.89. The molecule has 0 saturated heterocycles. The fourth-order valence-electron chi connectivity index (χ4n) is 1.34. The number of para-hydroxylation sites is 1. The summed E-state index contributed by atoms with van der Waals surface area (Å²) in [5, 5.41) is 10.3. The fraction of sp³-hybridized carbons (Fsp3) is 0.100. The van der Waals surface area contributed by atoms with Crippen LogP contribution in [-0.2, 0) is 4.79 Å². The van der Waals surface area contributed by atoms with Crippen LogP contribution in [0.5, 0.6) is 5.88 Å². The Morgan fingerprint density at radius 2 is 2.14 bits per heavy atom. The SMILES string of the molecule is CC(=O)On1c(O)cc2ccccc21. The molecule has 4 nitrogen and oxygen atoms in total. The first-order valence-electron chi connectivity index (χ1n) is 4.17. The molecule has 0 unspecified atom stereocenters. The second kappa shape index (κ2) is 3.06. The predicted octanol–water partition coefficient (Wildman–Crippen LogP) is 1.32. The number of hydrogen-bond acceptors (Lipinski definition) is 3. The number of fused-ring (bicyclic) bond motifs is 1. The lowest BCUT2D eigenvalue weighted by Crippen LogP contribution is -2.15. The topological polar surface area (TPSA) is 51.5 Å². The van der Waals surface area contributed by atoms with E-state index >= 15 is 0 Å². The molecule has 0 aliphatic carbocycles. The minimum atomic E-state index is -0.471. The second-order valence-electron chi connectivity index (χ2n) is 2.94. The van der Waals surface area contributed by atoms with Gasteiger partial charge in [0.15, 0.2) is 0 Å². The standard InChI is InChI=1S/C10H9NO3/c1-7(12)14-11-9-5-3-2-4-8(9)6-10(11)13/h2-6,13H,1H3. The summed E-state index contributed by atoms with van der Waals surface area (Å²) in [4.78, 5) is 15.6. The van der Waals surface area contributed by atoms with Crippen LogP contribution in [0.4, 0.5) is 0 Å². The van der Waals surface area contributed by atoms with Crippen LogP contribution in [0.25, 0.3) is 10.9 Å². The van der Waals surface area contributed by atoms with E-state index in [-0.39, 0.29) is 5.88 Å². The highest BCUT2D eigenvalue weighted by atomic mass is 16.7. The Morgan fingerprint density at radius 3 is 2.86 bits per heavy atom. The lowest BCUT2D eigenvalue weighted by molar-refractivity contribution is -0.141. The number of rotatable bonds is 1. The molecule has 1 aromatic heterocycles. The minimum Gasteiger partial charge on any atom is -0.492 e. The molecule has 2 aromatic rings. The van der Waals surface area contributed by atoms with E-state index < -0.39 is 5.97 Å². The quantitative estimate of drug-likeness (QED) is 0.739. The van der Waals surface area contributed by atoms with Gasteiger partial charge in [-0.1, -0.05) is 18.2 Å². The normalized spacial score (nSPS) is 10.4. The average Bonchev–Trinajstić information content (AvgIpc) is 2.43. The van der Waals surface area contributed by atoms with Crippen molar-refractivity contribution >= 4 is 16.9 Å². The first-order chi connectivity index (χ1) is 6.68. The molecule has 0 atom stereocenters. The molecule has 0 amide bonds. The third-order valence-electron chi connectivity index (χ3n) is 1.87. The van der Waals surface area contributed by atoms with Crippen molar-refractivity contribution in [1.29, 1.82) is 0 Å². The van der Waals surface area contributed by atoms with Gasteiger partial charge in [-0.15, -0.1) is 4.73 Å². The van der Waals surface area contributed by atoms with Gasteiger partial charge in [-0.05, 0) is 6.07 Å². The van der Waals surface area contributed by atoms with Crippen LogP contribution in [0.15, 0.2) is 30.3 Å². The largest absolute Gasteiger partial charge is 0.492 e. The van der Waals surface area contributed by atoms with Gasteiger partial charge < -0.3 is 9.94 Å². The maximum Gasteiger partial charge on any atom is 0.330 e. The highest BCUT2D eigenvalue weighted by Crippen LogP contribution is 2.22. The Labute approximate surface area is 80.3 Å². The zero-order valence-corrected chi connectivity index (χ0v) is 7.60. The number of aromatic hydroxyl groups is 1. The van der Waals surface area contributed by atoms with Gasteiger partial charge in [-0.3, -0.25) is 0 Å². The number of benzene rings is 1. The van der Waals surface area contributed by atoms with Crippen molar-refractivity contribution in [2.45, 2.75) is 6.92 Å². The van der Waals surface area contributed by atoms with Gasteiger partial charge in [0.1, 0.15) is 0 Å². The van der Waals surface area contributed by atoms with Crippen molar-refractivity contribution in [2.75, 3.05) is 0 Å². The number of carbonyl (C=O) groups is 1. The van der Waals surface area contributed by atoms with Gasteiger partial charge >= 0.3 is 5.97 Å². The second-order valence-corrected chi connectivity index (χ2v) is 2.94. The highest BCUT2D eigenvalue weighted by molar-refractivity contribution is 5.82. The molecule has 72 valence electrons. The Hall–Kier alpha value is -1.97. The average molecular weight is 191 g/mol. The van der Waals surface area contributed by atoms with Crippen LogP contribution >= 0.6 is 0 Å². The molecular weight excluding hydrogens is 182 g/mol. The molecule has 0 radical (unpaired) electrons. The van der Waals surface area contributed by atoms with Gasteiger partial charge in [0, 0.05) is 18.4 Å². The van der Waals surface area contributed by atoms with Crippen molar-refractivity contribution in [3.05, 3.63) is 30.3 Å². The van der Waals surface area contributed by atoms with Crippen molar-refractivity contribution in [3.63, 3.8) is 0 Å². The summed E-state index contributed by atoms with van der Waals surface area (Å²) >= 11 is 0. The van der Waals surface area contributed by atoms with E-state index in [1.165, 1.54) is 13.0 Å². The van der Waals surface area contributed by atoms with Crippen LogP contribution in [0.2, 0.25) is 0 Å². The predicted molar refractivity (Wildman–Crippen MR) is 50.9 cm³/mol. The van der Waals surface area contributed by atoms with Crippen LogP contribution in [0.3, 0.4) is 0 Å². The monoisotopic (exact) mass is 191 g/mol. The van der Waals surface area contributed by atoms with Crippen LogP contribution in [0.1, 0.15) is 6.92 Å². The number of carbonyl (C=O) groups excluding carboxylic acids is 1. The number of hydrogen-bond donors (Lipinski definition) is 1. The molecule has 0 aliphatic rings. The van der Waals surface area contributed by atoms with E-state index in [0.29, 0.717) is 5.52 Å². The summed E-state index contributed by atoms with van der Waals surface area (Å²) < 4.78 is 1.11. The molecule has 14 heavy (non-hydrogen) atoms. The van der Waals surface area contributed by atoms with Gasteiger partial charge in [0.2, 0.25) is 5.88 Å². The van der Waals surface area contributed by atoms with E-state index in [1.54, 1.807) is 6.07 Å². The van der Waals surface area contributed by atoms with Crippen LogP contribution in [-0.4, -0.2) is 15.8 Å². The zero-order valence-electron chi connectivity index (χ0n) is 7.60. The van der Waals surface area contributed by atoms with E-state index in [9.17, 15) is 9.90 Å². The molecule has 0 fully saturated rings. The Balaban J connectivity index is 2.62. The molecule has 0 spiro atoms. The lowest BCUT2D eigenvalue weighted by atomic mass is 10.3. The first-order valence-corrected chi connectivity index (χ1v) is 4.17. The van der Waals surface area contributed by atoms with Gasteiger partial charge in [-0.2, -0.15) is 0 Å². The van der Waals surface area contributed by atoms with Crippen molar-refractivity contribution in [1.82, 2.24) is 4.73 Å². The molecule has 4 heteroatoms. The Morgan fingerprint density at radius 1 is 1.43 bits per heavy atom. The van der Waals surface area contributed by atoms with Crippen molar-refractivity contribution in [2.24, 2.45) is 0 Å². The summed E-state index contributed by atoms with van der Waals surface area (Å²) in [5.74, 6) is -0.553. The van der Waals surface area contributed by atoms with E-state index in [4.69, 9.17) is 4.84 Å². The van der Waals surface area contributed by atoms with E-state index in [1.807, 2.05) is 18.2 Å². The minimum absolute atomic E-state index is 0.0820. The smallest absolute Gasteiger partial charge is 0.330 e. The third-order valence-corrected chi connectivity index (χ3v) is 1.87. The number of nitrogens with zero attached hydrogens (tertiary/aromatic N) is 1. The maximum atomic E-state index is 10.8. The summed E-state index contributed by atoms with van der Waals surface area (Å²) in [6.07, 6.45) is 0. The number of aromatic nitrogens is 1. The summed E-state index contributed by atoms with van der Waals surface area (Å²) in [6.45, 7) is 1.29. The maximum absolute atomic E-state index is 10.8. The third kappa shape index (κ3) is 1.31. The molecule has 1 N–H and O–H groups in total. The fourth-order valence-corrected chi connectivity index (χ4v) is 1.34. The molecule has 1 heterocycles. The first kappa shape index (κ1) is 8.62. The zero-order chi connectivity index (χ0) is 10.1. The van der Waals surface area contributed by atoms with Crippen LogP contribution < -0.4 is 4.84 Å². The lowest BCUT2D eigenvalue weighted by Gasteiger charge is -2.03. The van der Waals surface area contributed by atoms with E-state index in [0.717, 1.165) is 10.1 Å². The summed E-state index contributed by atoms with van der Waals surface area (Å²) in [6, 6.07) is 8.78. The summed E-state index contributed by atoms with van der Waals surface area (Å²) in [5.41, 5.74) is 0.667. The molecule has 1 aromatic carbocycles. The summed E-state index contributed by atoms with van der Waals surface area (Å²) in [7, 11) is 0. The molecule has 0 saturated carbocycles. The molecular formula is C10H9NO3. The molecule has 0 aliphatic heterocycles. The van der Waals surface area contributed by atoms with Gasteiger partial charge in [0.25, 0.3) is 0 Å². The van der Waals surface area contributed by atoms with Crippen LogP contribution in [0, 0.1) is 0 Å². The van der Waals surface area contributed by atoms with Gasteiger partial charge in [-0.25, -0.2) is 4.79 Å². The highest BCUT2D eigenvalue weighted by Gasteiger charge is 2.09. The molecule has 2 rings (SSSR count). The molecule has 0 bridgehead atoms.